The van der Waals surface area contributed by atoms with Crippen molar-refractivity contribution in [3.05, 3.63) is 46.2 Å². The molecule has 3 heterocycles. The molecule has 0 radical (unpaired) electrons. The van der Waals surface area contributed by atoms with E-state index < -0.39 is 0 Å². The van der Waals surface area contributed by atoms with Crippen molar-refractivity contribution in [2.45, 2.75) is 31.7 Å². The zero-order chi connectivity index (χ0) is 18.1. The molecule has 0 N–H and O–H groups in total. The minimum atomic E-state index is -0.283. The van der Waals surface area contributed by atoms with Gasteiger partial charge >= 0.3 is 0 Å². The Morgan fingerprint density at radius 2 is 2.04 bits per heavy atom. The Morgan fingerprint density at radius 1 is 1.23 bits per heavy atom. The van der Waals surface area contributed by atoms with Gasteiger partial charge in [-0.3, -0.25) is 9.67 Å². The van der Waals surface area contributed by atoms with Crippen molar-refractivity contribution in [1.29, 1.82) is 0 Å². The second-order valence-corrected chi connectivity index (χ2v) is 7.90. The van der Waals surface area contributed by atoms with Crippen molar-refractivity contribution in [2.75, 3.05) is 6.61 Å². The first-order valence-electron chi connectivity index (χ1n) is 8.53. The topological polar surface area (TPSA) is 52.8 Å². The Balaban J connectivity index is 1.41. The van der Waals surface area contributed by atoms with Gasteiger partial charge in [0.1, 0.15) is 5.15 Å². The summed E-state index contributed by atoms with van der Waals surface area (Å²) in [5.41, 5.74) is 0.757. The van der Waals surface area contributed by atoms with Crippen molar-refractivity contribution in [2.24, 2.45) is 5.92 Å². The smallest absolute Gasteiger partial charge is 0.224 e. The van der Waals surface area contributed by atoms with Crippen molar-refractivity contribution < 1.29 is 9.13 Å². The maximum Gasteiger partial charge on any atom is 0.224 e. The summed E-state index contributed by atoms with van der Waals surface area (Å²) in [6.07, 6.45) is 8.39. The highest BCUT2D eigenvalue weighted by Gasteiger charge is 2.24. The van der Waals surface area contributed by atoms with Crippen LogP contribution in [0.25, 0.3) is 10.9 Å². The first-order valence-corrected chi connectivity index (χ1v) is 9.70. The van der Waals surface area contributed by atoms with E-state index in [1.54, 1.807) is 16.9 Å². The molecule has 5 nitrogen and oxygen atoms in total. The second kappa shape index (κ2) is 7.48. The van der Waals surface area contributed by atoms with E-state index in [2.05, 4.69) is 31.0 Å². The fourth-order valence-electron chi connectivity index (χ4n) is 3.44. The molecule has 0 aromatic carbocycles. The zero-order valence-electron chi connectivity index (χ0n) is 13.9. The molecule has 0 aliphatic heterocycles. The number of pyridine rings is 2. The Kier molecular flexibility index (Phi) is 5.09. The molecule has 136 valence electrons. The standard InChI is InChI=1S/C18H17BrClFN4O/c19-12-5-15-16(22-7-12)6-17(20)24-18(15)26-10-11-1-3-14(4-2-11)25-9-13(21)8-23-25/h5-9,11,14H,1-4,10H2. The summed E-state index contributed by atoms with van der Waals surface area (Å²) in [6.45, 7) is 0.579. The van der Waals surface area contributed by atoms with Crippen LogP contribution < -0.4 is 4.74 Å². The molecule has 8 heteroatoms. The lowest BCUT2D eigenvalue weighted by molar-refractivity contribution is 0.177. The third-order valence-corrected chi connectivity index (χ3v) is 5.42. The van der Waals surface area contributed by atoms with Gasteiger partial charge < -0.3 is 4.74 Å². The minimum Gasteiger partial charge on any atom is -0.477 e. The number of fused-ring (bicyclic) bond motifs is 1. The highest BCUT2D eigenvalue weighted by atomic mass is 79.9. The number of halogens is 3. The molecule has 0 spiro atoms. The van der Waals surface area contributed by atoms with Crippen LogP contribution in [0, 0.1) is 11.7 Å². The summed E-state index contributed by atoms with van der Waals surface area (Å²) in [5, 5.41) is 5.29. The van der Waals surface area contributed by atoms with Gasteiger partial charge in [-0.15, -0.1) is 0 Å². The highest BCUT2D eigenvalue weighted by Crippen LogP contribution is 2.33. The number of ether oxygens (including phenoxy) is 1. The lowest BCUT2D eigenvalue weighted by Crippen LogP contribution is -2.22. The van der Waals surface area contributed by atoms with Gasteiger partial charge in [0.25, 0.3) is 0 Å². The molecular weight excluding hydrogens is 423 g/mol. The molecule has 0 atom stereocenters. The van der Waals surface area contributed by atoms with Gasteiger partial charge in [-0.05, 0) is 53.6 Å². The summed E-state index contributed by atoms with van der Waals surface area (Å²) < 4.78 is 21.7. The van der Waals surface area contributed by atoms with Gasteiger partial charge in [0.15, 0.2) is 5.82 Å². The Hall–Kier alpha value is -1.73. The Morgan fingerprint density at radius 3 is 2.77 bits per heavy atom. The minimum absolute atomic E-state index is 0.265. The number of rotatable bonds is 4. The third-order valence-electron chi connectivity index (χ3n) is 4.80. The van der Waals surface area contributed by atoms with E-state index in [0.717, 1.165) is 41.1 Å². The summed E-state index contributed by atoms with van der Waals surface area (Å²) in [5.74, 6) is 0.661. The molecule has 1 saturated carbocycles. The Bertz CT molecular complexity index is 927. The third kappa shape index (κ3) is 3.83. The fourth-order valence-corrected chi connectivity index (χ4v) is 3.95. The molecular formula is C18H17BrClFN4O. The molecule has 1 aliphatic rings. The van der Waals surface area contributed by atoms with Crippen molar-refractivity contribution in [3.8, 4) is 5.88 Å². The molecule has 1 fully saturated rings. The molecule has 0 amide bonds. The maximum absolute atomic E-state index is 13.1. The predicted octanol–water partition coefficient (Wildman–Crippen LogP) is 5.19. The van der Waals surface area contributed by atoms with E-state index in [0.29, 0.717) is 23.6 Å². The lowest BCUT2D eigenvalue weighted by atomic mass is 9.86. The van der Waals surface area contributed by atoms with Crippen LogP contribution in [0.2, 0.25) is 5.15 Å². The maximum atomic E-state index is 13.1. The number of hydrogen-bond acceptors (Lipinski definition) is 4. The van der Waals surface area contributed by atoms with Crippen LogP contribution in [0.5, 0.6) is 5.88 Å². The van der Waals surface area contributed by atoms with Gasteiger partial charge in [0, 0.05) is 16.7 Å². The van der Waals surface area contributed by atoms with Crippen LogP contribution in [0.4, 0.5) is 4.39 Å². The first-order chi connectivity index (χ1) is 12.6. The summed E-state index contributed by atoms with van der Waals surface area (Å²) in [6, 6.07) is 3.93. The van der Waals surface area contributed by atoms with Crippen LogP contribution in [0.3, 0.4) is 0 Å². The van der Waals surface area contributed by atoms with Crippen molar-refractivity contribution >= 4 is 38.4 Å². The molecule has 0 bridgehead atoms. The quantitative estimate of drug-likeness (QED) is 0.525. The largest absolute Gasteiger partial charge is 0.477 e. The van der Waals surface area contributed by atoms with E-state index in [9.17, 15) is 4.39 Å². The van der Waals surface area contributed by atoms with Crippen LogP contribution in [-0.2, 0) is 0 Å². The lowest BCUT2D eigenvalue weighted by Gasteiger charge is -2.28. The van der Waals surface area contributed by atoms with Crippen LogP contribution >= 0.6 is 27.5 Å². The summed E-state index contributed by atoms with van der Waals surface area (Å²) >= 11 is 9.52. The van der Waals surface area contributed by atoms with Crippen LogP contribution in [-0.4, -0.2) is 26.4 Å². The predicted molar refractivity (Wildman–Crippen MR) is 101 cm³/mol. The SMILES string of the molecule is Fc1cnn(C2CCC(COc3nc(Cl)cc4ncc(Br)cc34)CC2)c1. The molecule has 0 saturated heterocycles. The molecule has 3 aromatic rings. The van der Waals surface area contributed by atoms with Crippen molar-refractivity contribution in [3.63, 3.8) is 0 Å². The Labute approximate surface area is 163 Å². The van der Waals surface area contributed by atoms with Gasteiger partial charge in [-0.25, -0.2) is 9.37 Å². The fraction of sp³-hybridized carbons (Fsp3) is 0.389. The van der Waals surface area contributed by atoms with E-state index in [1.807, 2.05) is 6.07 Å². The molecule has 3 aromatic heterocycles. The monoisotopic (exact) mass is 438 g/mol. The van der Waals surface area contributed by atoms with E-state index in [1.165, 1.54) is 12.4 Å². The molecule has 1 aliphatic carbocycles. The van der Waals surface area contributed by atoms with Gasteiger partial charge in [-0.1, -0.05) is 11.6 Å². The number of hydrogen-bond donors (Lipinski definition) is 0. The van der Waals surface area contributed by atoms with Crippen LogP contribution in [0.15, 0.2) is 35.2 Å². The first kappa shape index (κ1) is 17.7. The second-order valence-electron chi connectivity index (χ2n) is 6.59. The summed E-state index contributed by atoms with van der Waals surface area (Å²) in [4.78, 5) is 8.67. The van der Waals surface area contributed by atoms with E-state index >= 15 is 0 Å². The van der Waals surface area contributed by atoms with E-state index in [-0.39, 0.29) is 11.9 Å². The molecule has 4 rings (SSSR count). The van der Waals surface area contributed by atoms with Gasteiger partial charge in [0.05, 0.1) is 35.9 Å². The molecule has 26 heavy (non-hydrogen) atoms. The van der Waals surface area contributed by atoms with Crippen LogP contribution in [0.1, 0.15) is 31.7 Å². The van der Waals surface area contributed by atoms with E-state index in [4.69, 9.17) is 16.3 Å². The van der Waals surface area contributed by atoms with Gasteiger partial charge in [-0.2, -0.15) is 5.10 Å². The van der Waals surface area contributed by atoms with Gasteiger partial charge in [0.2, 0.25) is 5.88 Å². The average molecular weight is 440 g/mol. The van der Waals surface area contributed by atoms with Crippen molar-refractivity contribution in [1.82, 2.24) is 19.7 Å². The normalized spacial score (nSPS) is 20.4. The number of aromatic nitrogens is 4. The highest BCUT2D eigenvalue weighted by molar-refractivity contribution is 9.10. The number of nitrogens with zero attached hydrogens (tertiary/aromatic N) is 4. The zero-order valence-corrected chi connectivity index (χ0v) is 16.2. The average Bonchev–Trinajstić information content (AvgIpc) is 3.07. The molecule has 0 unspecified atom stereocenters. The summed E-state index contributed by atoms with van der Waals surface area (Å²) in [7, 11) is 0.